The van der Waals surface area contributed by atoms with Crippen molar-refractivity contribution in [2.75, 3.05) is 20.2 Å². The van der Waals surface area contributed by atoms with Crippen LogP contribution in [0.15, 0.2) is 10.5 Å². The maximum atomic E-state index is 12.2. The van der Waals surface area contributed by atoms with E-state index in [0.29, 0.717) is 18.7 Å². The standard InChI is InChI=1S/C14H19NO5/c1-3-11-10(14(17)18)7-12(20-11)13(16)15(2)8-9-5-4-6-19-9/h7,9H,3-6,8H2,1-2H3,(H,17,18). The van der Waals surface area contributed by atoms with Crippen molar-refractivity contribution in [1.82, 2.24) is 4.90 Å². The fourth-order valence-electron chi connectivity index (χ4n) is 2.34. The van der Waals surface area contributed by atoms with Gasteiger partial charge in [-0.25, -0.2) is 4.79 Å². The molecular weight excluding hydrogens is 262 g/mol. The quantitative estimate of drug-likeness (QED) is 0.890. The summed E-state index contributed by atoms with van der Waals surface area (Å²) in [4.78, 5) is 24.8. The van der Waals surface area contributed by atoms with E-state index in [0.717, 1.165) is 19.4 Å². The van der Waals surface area contributed by atoms with E-state index in [1.807, 2.05) is 0 Å². The highest BCUT2D eigenvalue weighted by Gasteiger charge is 2.25. The Morgan fingerprint density at radius 2 is 2.25 bits per heavy atom. The number of furan rings is 1. The number of amides is 1. The highest BCUT2D eigenvalue weighted by atomic mass is 16.5. The SMILES string of the molecule is CCc1oc(C(=O)N(C)CC2CCCO2)cc1C(=O)O. The van der Waals surface area contributed by atoms with E-state index >= 15 is 0 Å². The summed E-state index contributed by atoms with van der Waals surface area (Å²) in [5.74, 6) is -1.000. The number of carbonyl (C=O) groups is 2. The van der Waals surface area contributed by atoms with Gasteiger partial charge in [-0.1, -0.05) is 6.92 Å². The number of aromatic carboxylic acids is 1. The summed E-state index contributed by atoms with van der Waals surface area (Å²) < 4.78 is 10.8. The van der Waals surface area contributed by atoms with E-state index in [1.165, 1.54) is 11.0 Å². The molecule has 6 heteroatoms. The van der Waals surface area contributed by atoms with E-state index in [-0.39, 0.29) is 23.3 Å². The third kappa shape index (κ3) is 3.01. The Morgan fingerprint density at radius 1 is 1.50 bits per heavy atom. The Hall–Kier alpha value is -1.82. The molecule has 1 aromatic rings. The molecule has 1 saturated heterocycles. The largest absolute Gasteiger partial charge is 0.478 e. The van der Waals surface area contributed by atoms with Crippen LogP contribution in [-0.2, 0) is 11.2 Å². The van der Waals surface area contributed by atoms with Gasteiger partial charge in [-0.2, -0.15) is 0 Å². The number of rotatable bonds is 5. The summed E-state index contributed by atoms with van der Waals surface area (Å²) in [6.07, 6.45) is 2.45. The van der Waals surface area contributed by atoms with Gasteiger partial charge in [-0.15, -0.1) is 0 Å². The number of aryl methyl sites for hydroxylation is 1. The zero-order valence-corrected chi connectivity index (χ0v) is 11.7. The molecule has 0 saturated carbocycles. The third-order valence-electron chi connectivity index (χ3n) is 3.42. The molecule has 1 fully saturated rings. The highest BCUT2D eigenvalue weighted by Crippen LogP contribution is 2.19. The van der Waals surface area contributed by atoms with E-state index in [1.54, 1.807) is 14.0 Å². The lowest BCUT2D eigenvalue weighted by Gasteiger charge is -2.19. The average Bonchev–Trinajstić information content (AvgIpc) is 3.05. The first-order chi connectivity index (χ1) is 9.52. The van der Waals surface area contributed by atoms with Gasteiger partial charge in [0.1, 0.15) is 11.3 Å². The summed E-state index contributed by atoms with van der Waals surface area (Å²) in [5.41, 5.74) is 0.0568. The Labute approximate surface area is 117 Å². The first kappa shape index (κ1) is 14.6. The monoisotopic (exact) mass is 281 g/mol. The van der Waals surface area contributed by atoms with Gasteiger partial charge in [0.05, 0.1) is 6.10 Å². The van der Waals surface area contributed by atoms with Crippen molar-refractivity contribution in [3.05, 3.63) is 23.2 Å². The first-order valence-electron chi connectivity index (χ1n) is 6.76. The number of carboxylic acids is 1. The van der Waals surface area contributed by atoms with Crippen molar-refractivity contribution in [2.24, 2.45) is 0 Å². The molecule has 1 atom stereocenters. The summed E-state index contributed by atoms with van der Waals surface area (Å²) in [7, 11) is 1.67. The molecule has 2 heterocycles. The van der Waals surface area contributed by atoms with Crippen molar-refractivity contribution in [1.29, 1.82) is 0 Å². The lowest BCUT2D eigenvalue weighted by Crippen LogP contribution is -2.33. The molecule has 0 aromatic carbocycles. The molecule has 1 aromatic heterocycles. The van der Waals surface area contributed by atoms with Gasteiger partial charge in [0.25, 0.3) is 5.91 Å². The highest BCUT2D eigenvalue weighted by molar-refractivity contribution is 5.96. The van der Waals surface area contributed by atoms with Crippen LogP contribution in [0, 0.1) is 0 Å². The van der Waals surface area contributed by atoms with Crippen LogP contribution in [0.1, 0.15) is 46.4 Å². The second-order valence-corrected chi connectivity index (χ2v) is 4.93. The molecule has 1 unspecified atom stereocenters. The van der Waals surface area contributed by atoms with Crippen LogP contribution in [0.2, 0.25) is 0 Å². The Bertz CT molecular complexity index is 502. The molecule has 0 bridgehead atoms. The normalized spacial score (nSPS) is 18.2. The van der Waals surface area contributed by atoms with Gasteiger partial charge >= 0.3 is 5.97 Å². The van der Waals surface area contributed by atoms with Crippen molar-refractivity contribution in [3.63, 3.8) is 0 Å². The maximum Gasteiger partial charge on any atom is 0.339 e. The number of hydrogen-bond acceptors (Lipinski definition) is 4. The molecular formula is C14H19NO5. The van der Waals surface area contributed by atoms with Crippen molar-refractivity contribution >= 4 is 11.9 Å². The lowest BCUT2D eigenvalue weighted by atomic mass is 10.2. The van der Waals surface area contributed by atoms with Crippen molar-refractivity contribution in [2.45, 2.75) is 32.3 Å². The molecule has 1 amide bonds. The van der Waals surface area contributed by atoms with Gasteiger partial charge in [0.2, 0.25) is 0 Å². The van der Waals surface area contributed by atoms with Crippen LogP contribution in [0.4, 0.5) is 0 Å². The van der Waals surface area contributed by atoms with Crippen LogP contribution in [-0.4, -0.2) is 48.2 Å². The second kappa shape index (κ2) is 6.09. The Morgan fingerprint density at radius 3 is 2.75 bits per heavy atom. The molecule has 2 rings (SSSR count). The van der Waals surface area contributed by atoms with Gasteiger partial charge in [-0.05, 0) is 12.8 Å². The number of ether oxygens (including phenoxy) is 1. The minimum absolute atomic E-state index is 0.0568. The predicted octanol–water partition coefficient (Wildman–Crippen LogP) is 1.79. The second-order valence-electron chi connectivity index (χ2n) is 4.93. The number of carboxylic acid groups (broad SMARTS) is 1. The topological polar surface area (TPSA) is 80.0 Å². The maximum absolute atomic E-state index is 12.2. The Kier molecular flexibility index (Phi) is 4.44. The zero-order valence-electron chi connectivity index (χ0n) is 11.7. The van der Waals surface area contributed by atoms with Gasteiger partial charge in [-0.3, -0.25) is 4.79 Å². The number of hydrogen-bond donors (Lipinski definition) is 1. The predicted molar refractivity (Wildman–Crippen MR) is 71.0 cm³/mol. The molecule has 6 nitrogen and oxygen atoms in total. The minimum Gasteiger partial charge on any atom is -0.478 e. The minimum atomic E-state index is -1.08. The van der Waals surface area contributed by atoms with E-state index in [2.05, 4.69) is 0 Å². The molecule has 1 aliphatic heterocycles. The molecule has 110 valence electrons. The van der Waals surface area contributed by atoms with Gasteiger partial charge < -0.3 is 19.2 Å². The van der Waals surface area contributed by atoms with Crippen LogP contribution in [0.3, 0.4) is 0 Å². The van der Waals surface area contributed by atoms with E-state index in [9.17, 15) is 9.59 Å². The summed E-state index contributed by atoms with van der Waals surface area (Å²) in [5, 5.41) is 9.06. The van der Waals surface area contributed by atoms with E-state index in [4.69, 9.17) is 14.3 Å². The zero-order chi connectivity index (χ0) is 14.7. The molecule has 0 aliphatic carbocycles. The molecule has 1 N–H and O–H groups in total. The lowest BCUT2D eigenvalue weighted by molar-refractivity contribution is 0.0562. The summed E-state index contributed by atoms with van der Waals surface area (Å²) >= 11 is 0. The molecule has 1 aliphatic rings. The fraction of sp³-hybridized carbons (Fsp3) is 0.571. The summed E-state index contributed by atoms with van der Waals surface area (Å²) in [6.45, 7) is 3.01. The molecule has 20 heavy (non-hydrogen) atoms. The van der Waals surface area contributed by atoms with Crippen LogP contribution in [0.25, 0.3) is 0 Å². The average molecular weight is 281 g/mol. The van der Waals surface area contributed by atoms with Gasteiger partial charge in [0.15, 0.2) is 5.76 Å². The number of likely N-dealkylation sites (N-methyl/N-ethyl adjacent to an activating group) is 1. The van der Waals surface area contributed by atoms with Crippen LogP contribution in [0.5, 0.6) is 0 Å². The van der Waals surface area contributed by atoms with Crippen LogP contribution < -0.4 is 0 Å². The summed E-state index contributed by atoms with van der Waals surface area (Å²) in [6, 6.07) is 1.30. The smallest absolute Gasteiger partial charge is 0.339 e. The Balaban J connectivity index is 2.09. The molecule has 0 radical (unpaired) electrons. The van der Waals surface area contributed by atoms with Gasteiger partial charge in [0, 0.05) is 32.7 Å². The number of carbonyl (C=O) groups excluding carboxylic acids is 1. The first-order valence-corrected chi connectivity index (χ1v) is 6.76. The van der Waals surface area contributed by atoms with Crippen molar-refractivity contribution < 1.29 is 23.8 Å². The third-order valence-corrected chi connectivity index (χ3v) is 3.42. The van der Waals surface area contributed by atoms with Crippen LogP contribution >= 0.6 is 0 Å². The number of nitrogens with zero attached hydrogens (tertiary/aromatic N) is 1. The fourth-order valence-corrected chi connectivity index (χ4v) is 2.34. The van der Waals surface area contributed by atoms with Crippen molar-refractivity contribution in [3.8, 4) is 0 Å². The van der Waals surface area contributed by atoms with E-state index < -0.39 is 5.97 Å². The molecule has 0 spiro atoms.